The van der Waals surface area contributed by atoms with Crippen molar-refractivity contribution < 1.29 is 23.8 Å². The number of nitrogens with zero attached hydrogens (tertiary/aromatic N) is 3. The highest BCUT2D eigenvalue weighted by Crippen LogP contribution is 2.31. The van der Waals surface area contributed by atoms with E-state index in [0.29, 0.717) is 28.1 Å². The second-order valence-electron chi connectivity index (χ2n) is 8.91. The molecule has 1 aromatic carbocycles. The lowest BCUT2D eigenvalue weighted by Crippen LogP contribution is -2.49. The highest BCUT2D eigenvalue weighted by molar-refractivity contribution is 6.03. The Morgan fingerprint density at radius 3 is 2.81 bits per heavy atom. The van der Waals surface area contributed by atoms with E-state index in [2.05, 4.69) is 27.1 Å². The first kappa shape index (κ1) is 24.8. The van der Waals surface area contributed by atoms with E-state index in [1.54, 1.807) is 63.4 Å². The van der Waals surface area contributed by atoms with Gasteiger partial charge >= 0.3 is 0 Å². The van der Waals surface area contributed by atoms with Crippen LogP contribution in [0.4, 0.5) is 10.1 Å². The van der Waals surface area contributed by atoms with Crippen LogP contribution in [-0.4, -0.2) is 52.2 Å². The summed E-state index contributed by atoms with van der Waals surface area (Å²) in [6, 6.07) is 10.7. The normalized spacial score (nSPS) is 15.2. The van der Waals surface area contributed by atoms with Gasteiger partial charge in [0, 0.05) is 37.0 Å². The number of rotatable bonds is 4. The Labute approximate surface area is 208 Å². The van der Waals surface area contributed by atoms with E-state index in [4.69, 9.17) is 4.74 Å². The molecule has 0 bridgehead atoms. The topological polar surface area (TPSA) is 105 Å². The average molecular weight is 489 g/mol. The highest BCUT2D eigenvalue weighted by atomic mass is 19.1. The molecule has 9 heteroatoms. The Morgan fingerprint density at radius 1 is 1.25 bits per heavy atom. The van der Waals surface area contributed by atoms with Gasteiger partial charge in [0.2, 0.25) is 5.95 Å². The molecular formula is C27H25FN4O4. The van der Waals surface area contributed by atoms with Crippen molar-refractivity contribution in [2.24, 2.45) is 0 Å². The van der Waals surface area contributed by atoms with E-state index < -0.39 is 23.5 Å². The van der Waals surface area contributed by atoms with Crippen molar-refractivity contribution in [2.75, 3.05) is 18.6 Å². The van der Waals surface area contributed by atoms with E-state index >= 15 is 0 Å². The van der Waals surface area contributed by atoms with Crippen molar-refractivity contribution in [2.45, 2.75) is 31.9 Å². The molecule has 0 saturated heterocycles. The number of hydrogen-bond acceptors (Lipinski definition) is 6. The van der Waals surface area contributed by atoms with Crippen LogP contribution in [0.1, 0.15) is 41.0 Å². The molecule has 1 aliphatic heterocycles. The Balaban J connectivity index is 1.49. The van der Waals surface area contributed by atoms with Crippen LogP contribution in [0, 0.1) is 17.8 Å². The maximum absolute atomic E-state index is 13.9. The van der Waals surface area contributed by atoms with E-state index in [9.17, 15) is 19.1 Å². The van der Waals surface area contributed by atoms with Crippen molar-refractivity contribution in [1.29, 1.82) is 0 Å². The third kappa shape index (κ3) is 5.85. The number of aliphatic hydroxyl groups is 1. The number of aromatic nitrogens is 2. The summed E-state index contributed by atoms with van der Waals surface area (Å²) < 4.78 is 19.7. The maximum atomic E-state index is 13.9. The summed E-state index contributed by atoms with van der Waals surface area (Å²) in [6.45, 7) is 3.09. The molecule has 2 N–H and O–H groups in total. The van der Waals surface area contributed by atoms with Gasteiger partial charge in [-0.25, -0.2) is 4.98 Å². The Hall–Kier alpha value is -4.29. The molecule has 4 rings (SSSR count). The van der Waals surface area contributed by atoms with Gasteiger partial charge in [-0.05, 0) is 55.8 Å². The number of likely N-dealkylation sites (N-methyl/N-ethyl adjacent to an activating group) is 1. The predicted molar refractivity (Wildman–Crippen MR) is 131 cm³/mol. The monoisotopic (exact) mass is 488 g/mol. The zero-order valence-electron chi connectivity index (χ0n) is 20.1. The number of hydrogen-bond donors (Lipinski definition) is 2. The standard InChI is InChI=1S/C27H25FN4O4/c1-27(2,35)10-8-17-6-7-23-22(15-17)32(3)26(34)21(16-36-23)31-25(33)20-14-18(9-12-29-20)13-19-5-4-11-30-24(19)28/h4-7,9,11-12,14-15,21,35H,13,16H2,1-3H3,(H,31,33)/t21-/m0/s1. The van der Waals surface area contributed by atoms with Crippen molar-refractivity contribution in [3.05, 3.63) is 83.2 Å². The van der Waals surface area contributed by atoms with Crippen LogP contribution < -0.4 is 15.0 Å². The van der Waals surface area contributed by atoms with E-state index in [0.717, 1.165) is 0 Å². The summed E-state index contributed by atoms with van der Waals surface area (Å²) in [4.78, 5) is 35.2. The number of carbonyl (C=O) groups excluding carboxylic acids is 2. The van der Waals surface area contributed by atoms with Gasteiger partial charge in [0.15, 0.2) is 0 Å². The van der Waals surface area contributed by atoms with Crippen LogP contribution in [0.2, 0.25) is 0 Å². The molecule has 1 aliphatic rings. The van der Waals surface area contributed by atoms with Crippen LogP contribution in [0.3, 0.4) is 0 Å². The van der Waals surface area contributed by atoms with Crippen LogP contribution >= 0.6 is 0 Å². The van der Waals surface area contributed by atoms with Gasteiger partial charge < -0.3 is 20.1 Å². The smallest absolute Gasteiger partial charge is 0.270 e. The van der Waals surface area contributed by atoms with E-state index in [1.807, 2.05) is 0 Å². The molecule has 0 fully saturated rings. The molecule has 0 spiro atoms. The lowest BCUT2D eigenvalue weighted by atomic mass is 10.1. The molecule has 2 aromatic heterocycles. The molecule has 0 saturated carbocycles. The second-order valence-corrected chi connectivity index (χ2v) is 8.91. The fourth-order valence-electron chi connectivity index (χ4n) is 3.62. The minimum Gasteiger partial charge on any atom is -0.489 e. The Kier molecular flexibility index (Phi) is 6.99. The third-order valence-electron chi connectivity index (χ3n) is 5.46. The van der Waals surface area contributed by atoms with Gasteiger partial charge in [-0.1, -0.05) is 17.9 Å². The van der Waals surface area contributed by atoms with Gasteiger partial charge in [-0.3, -0.25) is 14.6 Å². The number of benzene rings is 1. The first-order valence-electron chi connectivity index (χ1n) is 11.3. The van der Waals surface area contributed by atoms with Crippen molar-refractivity contribution >= 4 is 17.5 Å². The average Bonchev–Trinajstić information content (AvgIpc) is 2.96. The first-order valence-corrected chi connectivity index (χ1v) is 11.3. The number of halogens is 1. The summed E-state index contributed by atoms with van der Waals surface area (Å²) in [5.74, 6) is 4.59. The number of ether oxygens (including phenoxy) is 1. The predicted octanol–water partition coefficient (Wildman–Crippen LogP) is 2.48. The van der Waals surface area contributed by atoms with Gasteiger partial charge in [0.05, 0.1) is 5.69 Å². The zero-order valence-corrected chi connectivity index (χ0v) is 20.1. The van der Waals surface area contributed by atoms with Crippen LogP contribution in [0.5, 0.6) is 5.75 Å². The highest BCUT2D eigenvalue weighted by Gasteiger charge is 2.31. The first-order chi connectivity index (χ1) is 17.1. The number of fused-ring (bicyclic) bond motifs is 1. The molecule has 2 amide bonds. The molecule has 36 heavy (non-hydrogen) atoms. The quantitative estimate of drug-likeness (QED) is 0.432. The second kappa shape index (κ2) is 10.1. The van der Waals surface area contributed by atoms with Crippen molar-refractivity contribution in [1.82, 2.24) is 15.3 Å². The number of pyridine rings is 2. The molecule has 8 nitrogen and oxygen atoms in total. The van der Waals surface area contributed by atoms with Gasteiger partial charge in [-0.15, -0.1) is 0 Å². The number of carbonyl (C=O) groups is 2. The summed E-state index contributed by atoms with van der Waals surface area (Å²) in [6.07, 6.45) is 3.07. The van der Waals surface area contributed by atoms with Crippen molar-refractivity contribution in [3.8, 4) is 17.6 Å². The van der Waals surface area contributed by atoms with Crippen LogP contribution in [0.25, 0.3) is 0 Å². The fourth-order valence-corrected chi connectivity index (χ4v) is 3.62. The summed E-state index contributed by atoms with van der Waals surface area (Å²) in [5.41, 5.74) is 1.12. The molecule has 184 valence electrons. The Bertz CT molecular complexity index is 1370. The summed E-state index contributed by atoms with van der Waals surface area (Å²) in [7, 11) is 1.59. The van der Waals surface area contributed by atoms with Gasteiger partial charge in [-0.2, -0.15) is 4.39 Å². The molecule has 0 unspecified atom stereocenters. The van der Waals surface area contributed by atoms with E-state index in [1.165, 1.54) is 17.3 Å². The van der Waals surface area contributed by atoms with Gasteiger partial charge in [0.1, 0.15) is 29.7 Å². The number of nitrogens with one attached hydrogen (secondary N) is 1. The summed E-state index contributed by atoms with van der Waals surface area (Å²) in [5, 5.41) is 12.5. The van der Waals surface area contributed by atoms with Gasteiger partial charge in [0.25, 0.3) is 11.8 Å². The largest absolute Gasteiger partial charge is 0.489 e. The minimum atomic E-state index is -1.15. The lowest BCUT2D eigenvalue weighted by Gasteiger charge is -2.20. The third-order valence-corrected chi connectivity index (χ3v) is 5.46. The van der Waals surface area contributed by atoms with Crippen molar-refractivity contribution in [3.63, 3.8) is 0 Å². The number of anilines is 1. The fraction of sp³-hybridized carbons (Fsp3) is 0.259. The zero-order chi connectivity index (χ0) is 25.9. The lowest BCUT2D eigenvalue weighted by molar-refractivity contribution is -0.120. The van der Waals surface area contributed by atoms with E-state index in [-0.39, 0.29) is 24.6 Å². The molecule has 3 heterocycles. The molecule has 0 radical (unpaired) electrons. The molecule has 3 aromatic rings. The minimum absolute atomic E-state index is 0.0722. The maximum Gasteiger partial charge on any atom is 0.270 e. The molecule has 1 atom stereocenters. The summed E-state index contributed by atoms with van der Waals surface area (Å²) >= 11 is 0. The SMILES string of the molecule is CN1C(=O)[C@@H](NC(=O)c2cc(Cc3cccnc3F)ccn2)COc2ccc(C#CC(C)(C)O)cc21. The van der Waals surface area contributed by atoms with Crippen LogP contribution in [0.15, 0.2) is 54.9 Å². The van der Waals surface area contributed by atoms with Crippen LogP contribution in [-0.2, 0) is 11.2 Å². The molecular weight excluding hydrogens is 463 g/mol. The number of amides is 2. The Morgan fingerprint density at radius 2 is 2.06 bits per heavy atom. The molecule has 0 aliphatic carbocycles.